The summed E-state index contributed by atoms with van der Waals surface area (Å²) in [4.78, 5) is 0. The molecule has 0 fully saturated rings. The first kappa shape index (κ1) is 10.8. The van der Waals surface area contributed by atoms with Crippen LogP contribution in [0, 0.1) is 0 Å². The fraction of sp³-hybridized carbons (Fsp3) is 1.00. The van der Waals surface area contributed by atoms with Crippen molar-refractivity contribution in [2.75, 3.05) is 26.5 Å². The first-order chi connectivity index (χ1) is 5.06. The Bertz CT molecular complexity index is 177. The summed E-state index contributed by atoms with van der Waals surface area (Å²) in [6, 6.07) is 0. The minimum absolute atomic E-state index is 0.0658. The van der Waals surface area contributed by atoms with Gasteiger partial charge in [-0.2, -0.15) is 8.42 Å². The zero-order valence-corrected chi connectivity index (χ0v) is 6.51. The third kappa shape index (κ3) is 9.76. The van der Waals surface area contributed by atoms with Crippen LogP contribution < -0.4 is 0 Å². The van der Waals surface area contributed by atoms with E-state index in [0.717, 1.165) is 0 Å². The summed E-state index contributed by atoms with van der Waals surface area (Å²) in [5.41, 5.74) is 0. The average Bonchev–Trinajstić information content (AvgIpc) is 1.85. The molecular formula is C4H9FO5S. The van der Waals surface area contributed by atoms with Crippen molar-refractivity contribution in [3.63, 3.8) is 0 Å². The van der Waals surface area contributed by atoms with Crippen LogP contribution in [0.4, 0.5) is 4.39 Å². The Morgan fingerprint density at radius 2 is 1.91 bits per heavy atom. The molecule has 0 saturated carbocycles. The van der Waals surface area contributed by atoms with Crippen molar-refractivity contribution in [1.29, 1.82) is 0 Å². The molecule has 0 rings (SSSR count). The van der Waals surface area contributed by atoms with Gasteiger partial charge in [-0.05, 0) is 0 Å². The van der Waals surface area contributed by atoms with Crippen molar-refractivity contribution >= 4 is 10.4 Å². The highest BCUT2D eigenvalue weighted by Crippen LogP contribution is 1.85. The van der Waals surface area contributed by atoms with E-state index in [-0.39, 0.29) is 19.8 Å². The van der Waals surface area contributed by atoms with Crippen molar-refractivity contribution < 1.29 is 26.3 Å². The Morgan fingerprint density at radius 3 is 2.36 bits per heavy atom. The molecule has 0 aliphatic rings. The van der Waals surface area contributed by atoms with Gasteiger partial charge in [-0.15, -0.1) is 0 Å². The predicted octanol–water partition coefficient (Wildman–Crippen LogP) is -0.208. The normalized spacial score (nSPS) is 11.8. The molecular weight excluding hydrogens is 179 g/mol. The summed E-state index contributed by atoms with van der Waals surface area (Å²) in [7, 11) is -4.39. The topological polar surface area (TPSA) is 72.8 Å². The smallest absolute Gasteiger partial charge is 0.376 e. The van der Waals surface area contributed by atoms with E-state index in [9.17, 15) is 12.8 Å². The first-order valence-electron chi connectivity index (χ1n) is 2.82. The maximum absolute atomic E-state index is 11.3. The lowest BCUT2D eigenvalue weighted by Crippen LogP contribution is -2.10. The Morgan fingerprint density at radius 1 is 1.27 bits per heavy atom. The molecule has 0 atom stereocenters. The maximum atomic E-state index is 11.3. The minimum Gasteiger partial charge on any atom is -0.376 e. The summed E-state index contributed by atoms with van der Waals surface area (Å²) in [5, 5.41) is 0. The second-order valence-electron chi connectivity index (χ2n) is 1.55. The first-order valence-corrected chi connectivity index (χ1v) is 4.18. The molecule has 0 saturated heterocycles. The van der Waals surface area contributed by atoms with Gasteiger partial charge >= 0.3 is 10.4 Å². The number of halogens is 1. The molecule has 0 aromatic heterocycles. The molecule has 0 aliphatic carbocycles. The van der Waals surface area contributed by atoms with Gasteiger partial charge in [-0.25, -0.2) is 8.57 Å². The van der Waals surface area contributed by atoms with Gasteiger partial charge in [0, 0.05) is 0 Å². The molecule has 5 nitrogen and oxygen atoms in total. The standard InChI is InChI=1S/C4H9FO5S/c5-1-2-9-3-4-10-11(6,7)8/h1-4H2,(H,6,7,8). The third-order valence-electron chi connectivity index (χ3n) is 0.681. The zero-order chi connectivity index (χ0) is 8.74. The van der Waals surface area contributed by atoms with E-state index in [0.29, 0.717) is 0 Å². The largest absolute Gasteiger partial charge is 0.397 e. The summed E-state index contributed by atoms with van der Waals surface area (Å²) in [6.07, 6.45) is 0. The van der Waals surface area contributed by atoms with Crippen LogP contribution in [0.1, 0.15) is 0 Å². The highest BCUT2D eigenvalue weighted by atomic mass is 32.3. The molecule has 0 aromatic rings. The summed E-state index contributed by atoms with van der Waals surface area (Å²) in [5.74, 6) is 0. The number of alkyl halides is 1. The molecule has 1 N–H and O–H groups in total. The highest BCUT2D eigenvalue weighted by molar-refractivity contribution is 7.80. The fourth-order valence-corrected chi connectivity index (χ4v) is 0.634. The third-order valence-corrected chi connectivity index (χ3v) is 1.15. The predicted molar refractivity (Wildman–Crippen MR) is 34.3 cm³/mol. The SMILES string of the molecule is O=S(=O)(O)OCCOCCF. The number of hydrogen-bond donors (Lipinski definition) is 1. The molecule has 0 unspecified atom stereocenters. The lowest BCUT2D eigenvalue weighted by Gasteiger charge is -1.99. The number of ether oxygens (including phenoxy) is 1. The van der Waals surface area contributed by atoms with Gasteiger partial charge in [0.05, 0.1) is 19.8 Å². The molecule has 0 aromatic carbocycles. The molecule has 0 aliphatic heterocycles. The molecule has 0 amide bonds. The van der Waals surface area contributed by atoms with Crippen LogP contribution in [0.2, 0.25) is 0 Å². The van der Waals surface area contributed by atoms with E-state index in [1.807, 2.05) is 0 Å². The van der Waals surface area contributed by atoms with E-state index in [1.54, 1.807) is 0 Å². The molecule has 68 valence electrons. The average molecular weight is 188 g/mol. The Balaban J connectivity index is 3.16. The maximum Gasteiger partial charge on any atom is 0.397 e. The second kappa shape index (κ2) is 5.42. The molecule has 0 spiro atoms. The number of rotatable bonds is 6. The van der Waals surface area contributed by atoms with E-state index in [1.165, 1.54) is 0 Å². The van der Waals surface area contributed by atoms with E-state index in [4.69, 9.17) is 4.55 Å². The molecule has 11 heavy (non-hydrogen) atoms. The van der Waals surface area contributed by atoms with Gasteiger partial charge in [0.2, 0.25) is 0 Å². The second-order valence-corrected chi connectivity index (χ2v) is 2.64. The van der Waals surface area contributed by atoms with Crippen molar-refractivity contribution in [2.24, 2.45) is 0 Å². The quantitative estimate of drug-likeness (QED) is 0.461. The highest BCUT2D eigenvalue weighted by Gasteiger charge is 2.02. The fourth-order valence-electron chi connectivity index (χ4n) is 0.355. The zero-order valence-electron chi connectivity index (χ0n) is 5.69. The van der Waals surface area contributed by atoms with Gasteiger partial charge in [0.25, 0.3) is 0 Å². The van der Waals surface area contributed by atoms with Crippen LogP contribution in [0.25, 0.3) is 0 Å². The van der Waals surface area contributed by atoms with Crippen LogP contribution in [-0.4, -0.2) is 39.5 Å². The lowest BCUT2D eigenvalue weighted by molar-refractivity contribution is 0.0876. The van der Waals surface area contributed by atoms with Gasteiger partial charge < -0.3 is 4.74 Å². The summed E-state index contributed by atoms with van der Waals surface area (Å²) < 4.78 is 47.4. The van der Waals surface area contributed by atoms with Crippen molar-refractivity contribution in [1.82, 2.24) is 0 Å². The van der Waals surface area contributed by atoms with Crippen LogP contribution >= 0.6 is 0 Å². The molecule has 0 heterocycles. The van der Waals surface area contributed by atoms with Crippen LogP contribution in [-0.2, 0) is 19.3 Å². The van der Waals surface area contributed by atoms with Crippen LogP contribution in [0.3, 0.4) is 0 Å². The van der Waals surface area contributed by atoms with Crippen LogP contribution in [0.15, 0.2) is 0 Å². The van der Waals surface area contributed by atoms with Crippen molar-refractivity contribution in [2.45, 2.75) is 0 Å². The van der Waals surface area contributed by atoms with E-state index in [2.05, 4.69) is 8.92 Å². The molecule has 0 bridgehead atoms. The summed E-state index contributed by atoms with van der Waals surface area (Å²) >= 11 is 0. The molecule has 7 heteroatoms. The Kier molecular flexibility index (Phi) is 5.30. The van der Waals surface area contributed by atoms with Crippen molar-refractivity contribution in [3.05, 3.63) is 0 Å². The van der Waals surface area contributed by atoms with Gasteiger partial charge in [-0.1, -0.05) is 0 Å². The van der Waals surface area contributed by atoms with Crippen molar-refractivity contribution in [3.8, 4) is 0 Å². The molecule has 0 radical (unpaired) electrons. The summed E-state index contributed by atoms with van der Waals surface area (Å²) in [6.45, 7) is -1.11. The Labute approximate surface area is 64.1 Å². The van der Waals surface area contributed by atoms with E-state index < -0.39 is 17.1 Å². The van der Waals surface area contributed by atoms with Gasteiger partial charge in [0.15, 0.2) is 0 Å². The minimum atomic E-state index is -4.39. The lowest BCUT2D eigenvalue weighted by atomic mass is 10.7. The van der Waals surface area contributed by atoms with Crippen LogP contribution in [0.5, 0.6) is 0 Å². The number of hydrogen-bond acceptors (Lipinski definition) is 4. The van der Waals surface area contributed by atoms with Gasteiger partial charge in [0.1, 0.15) is 6.67 Å². The van der Waals surface area contributed by atoms with E-state index >= 15 is 0 Å². The Hall–Kier alpha value is -0.240. The van der Waals surface area contributed by atoms with Gasteiger partial charge in [-0.3, -0.25) is 4.55 Å². The monoisotopic (exact) mass is 188 g/mol.